The summed E-state index contributed by atoms with van der Waals surface area (Å²) in [5.41, 5.74) is 1.19. The molecule has 2 rings (SSSR count). The summed E-state index contributed by atoms with van der Waals surface area (Å²) in [5.74, 6) is -1.81. The van der Waals surface area contributed by atoms with Crippen LogP contribution in [0.5, 0.6) is 0 Å². The van der Waals surface area contributed by atoms with Gasteiger partial charge in [0.25, 0.3) is 11.6 Å². The molecule has 0 fully saturated rings. The fraction of sp³-hybridized carbons (Fsp3) is 0.143. The van der Waals surface area contributed by atoms with Gasteiger partial charge in [0.15, 0.2) is 0 Å². The molecule has 0 aliphatic heterocycles. The largest absolute Gasteiger partial charge is 0.529 e. The Morgan fingerprint density at radius 2 is 1.05 bits per heavy atom. The van der Waals surface area contributed by atoms with Crippen molar-refractivity contribution in [3.8, 4) is 0 Å². The minimum atomic E-state index is -2.59. The predicted octanol–water partition coefficient (Wildman–Crippen LogP) is 3.44. The summed E-state index contributed by atoms with van der Waals surface area (Å²) < 4.78 is 23.2. The highest BCUT2D eigenvalue weighted by molar-refractivity contribution is 7.39. The van der Waals surface area contributed by atoms with Crippen LogP contribution in [-0.2, 0) is 9.13 Å². The van der Waals surface area contributed by atoms with E-state index >= 15 is 0 Å². The summed E-state index contributed by atoms with van der Waals surface area (Å²) in [6.45, 7) is 0. The molecule has 5 nitrogen and oxygen atoms in total. The molecule has 0 saturated carbocycles. The van der Waals surface area contributed by atoms with Crippen LogP contribution in [0.2, 0.25) is 0 Å². The van der Waals surface area contributed by atoms with Gasteiger partial charge in [0.1, 0.15) is 0 Å². The Morgan fingerprint density at radius 1 is 0.714 bits per heavy atom. The predicted molar refractivity (Wildman–Crippen MR) is 81.2 cm³/mol. The van der Waals surface area contributed by atoms with E-state index in [2.05, 4.69) is 5.32 Å². The van der Waals surface area contributed by atoms with E-state index in [-0.39, 0.29) is 0 Å². The van der Waals surface area contributed by atoms with Gasteiger partial charge in [-0.05, 0) is 9.13 Å². The maximum absolute atomic E-state index is 11.6. The molecule has 0 saturated heterocycles. The van der Waals surface area contributed by atoms with Crippen molar-refractivity contribution in [1.29, 1.82) is 0 Å². The summed E-state index contributed by atoms with van der Waals surface area (Å²) in [7, 11) is -5.18. The number of rotatable bonds is 6. The van der Waals surface area contributed by atoms with Gasteiger partial charge in [-0.15, -0.1) is 0 Å². The van der Waals surface area contributed by atoms with Crippen molar-refractivity contribution in [2.24, 2.45) is 0 Å². The van der Waals surface area contributed by atoms with E-state index in [1.165, 1.54) is 0 Å². The summed E-state index contributed by atoms with van der Waals surface area (Å²) >= 11 is 0. The summed E-state index contributed by atoms with van der Waals surface area (Å²) in [4.78, 5) is 19.0. The summed E-state index contributed by atoms with van der Waals surface area (Å²) in [6.07, 6.45) is 0. The van der Waals surface area contributed by atoms with E-state index < -0.39 is 27.6 Å². The average Bonchev–Trinajstić information content (AvgIpc) is 2.49. The van der Waals surface area contributed by atoms with Crippen molar-refractivity contribution in [1.82, 2.24) is 5.32 Å². The average molecular weight is 323 g/mol. The standard InChI is InChI=1S/C14H13NO4P2/c16-20(17)13(11-7-3-1-4-8-11)15-14(21(18)19)12-9-5-2-6-10-12/h1-10,13-15H/p+2/t13-,14+. The first-order valence-corrected chi connectivity index (χ1v) is 8.82. The molecule has 0 bridgehead atoms. The highest BCUT2D eigenvalue weighted by atomic mass is 31.1. The molecule has 4 atom stereocenters. The van der Waals surface area contributed by atoms with Gasteiger partial charge >= 0.3 is 16.1 Å². The maximum Gasteiger partial charge on any atom is 0.529 e. The molecular formula is C14H15NO4P2+2. The lowest BCUT2D eigenvalue weighted by Crippen LogP contribution is -2.22. The van der Waals surface area contributed by atoms with Crippen LogP contribution in [0.4, 0.5) is 0 Å². The molecule has 0 amide bonds. The fourth-order valence-electron chi connectivity index (χ4n) is 2.00. The van der Waals surface area contributed by atoms with Crippen LogP contribution in [-0.4, -0.2) is 9.79 Å². The lowest BCUT2D eigenvalue weighted by atomic mass is 10.2. The SMILES string of the molecule is O=[P+](O)[C@H](N[C@@H](c1ccccc1)[P+](=O)O)c1ccccc1. The number of nitrogens with one attached hydrogen (secondary N) is 1. The quantitative estimate of drug-likeness (QED) is 0.709. The lowest BCUT2D eigenvalue weighted by molar-refractivity contribution is 0.450. The smallest absolute Gasteiger partial charge is 0.216 e. The molecule has 0 radical (unpaired) electrons. The normalized spacial score (nSPS) is 15.1. The molecular weight excluding hydrogens is 308 g/mol. The Labute approximate surface area is 124 Å². The van der Waals surface area contributed by atoms with Gasteiger partial charge in [0, 0.05) is 11.1 Å². The molecule has 0 aliphatic rings. The second-order valence-corrected chi connectivity index (χ2v) is 6.64. The van der Waals surface area contributed by atoms with Crippen LogP contribution < -0.4 is 5.32 Å². The molecule has 7 heteroatoms. The minimum absolute atomic E-state index is 0.596. The van der Waals surface area contributed by atoms with Crippen molar-refractivity contribution in [2.75, 3.05) is 0 Å². The number of hydrogen-bond acceptors (Lipinski definition) is 3. The van der Waals surface area contributed by atoms with Gasteiger partial charge in [-0.2, -0.15) is 9.79 Å². The van der Waals surface area contributed by atoms with Crippen LogP contribution >= 0.6 is 16.1 Å². The Morgan fingerprint density at radius 3 is 1.33 bits per heavy atom. The Kier molecular flexibility index (Phi) is 5.68. The zero-order valence-corrected chi connectivity index (χ0v) is 12.8. The number of benzene rings is 2. The minimum Gasteiger partial charge on any atom is -0.216 e. The van der Waals surface area contributed by atoms with E-state index in [1.807, 2.05) is 0 Å². The molecule has 2 aromatic carbocycles. The van der Waals surface area contributed by atoms with E-state index in [4.69, 9.17) is 0 Å². The zero-order valence-electron chi connectivity index (χ0n) is 11.0. The van der Waals surface area contributed by atoms with Crippen LogP contribution in [0.25, 0.3) is 0 Å². The maximum atomic E-state index is 11.6. The molecule has 0 aromatic heterocycles. The van der Waals surface area contributed by atoms with Crippen LogP contribution in [0.15, 0.2) is 60.7 Å². The first-order chi connectivity index (χ1) is 10.1. The monoisotopic (exact) mass is 323 g/mol. The Balaban J connectivity index is 2.30. The van der Waals surface area contributed by atoms with Crippen LogP contribution in [0, 0.1) is 0 Å². The topological polar surface area (TPSA) is 86.6 Å². The fourth-order valence-corrected chi connectivity index (χ4v) is 3.52. The van der Waals surface area contributed by atoms with Crippen LogP contribution in [0.3, 0.4) is 0 Å². The molecule has 2 aromatic rings. The van der Waals surface area contributed by atoms with Crippen LogP contribution in [0.1, 0.15) is 22.7 Å². The highest BCUT2D eigenvalue weighted by Gasteiger charge is 2.41. The molecule has 2 unspecified atom stereocenters. The summed E-state index contributed by atoms with van der Waals surface area (Å²) in [6, 6.07) is 17.4. The third-order valence-electron chi connectivity index (χ3n) is 2.99. The molecule has 21 heavy (non-hydrogen) atoms. The third kappa shape index (κ3) is 4.24. The van der Waals surface area contributed by atoms with Crippen molar-refractivity contribution in [2.45, 2.75) is 11.6 Å². The molecule has 0 spiro atoms. The Hall–Kier alpha value is -1.48. The van der Waals surface area contributed by atoms with E-state index in [0.29, 0.717) is 11.1 Å². The van der Waals surface area contributed by atoms with Gasteiger partial charge in [-0.1, -0.05) is 60.7 Å². The molecule has 0 heterocycles. The summed E-state index contributed by atoms with van der Waals surface area (Å²) in [5, 5.41) is 2.82. The van der Waals surface area contributed by atoms with Crippen molar-refractivity contribution in [3.05, 3.63) is 71.8 Å². The third-order valence-corrected chi connectivity index (χ3v) is 4.77. The zero-order chi connectivity index (χ0) is 15.2. The van der Waals surface area contributed by atoms with E-state index in [0.717, 1.165) is 0 Å². The molecule has 108 valence electrons. The lowest BCUT2D eigenvalue weighted by Gasteiger charge is -2.10. The second kappa shape index (κ2) is 7.51. The van der Waals surface area contributed by atoms with E-state index in [1.54, 1.807) is 60.7 Å². The van der Waals surface area contributed by atoms with Gasteiger partial charge in [-0.25, -0.2) is 5.32 Å². The first-order valence-electron chi connectivity index (χ1n) is 6.26. The van der Waals surface area contributed by atoms with Gasteiger partial charge in [0.05, 0.1) is 0 Å². The van der Waals surface area contributed by atoms with Gasteiger partial charge in [-0.3, -0.25) is 0 Å². The van der Waals surface area contributed by atoms with Crippen molar-refractivity contribution >= 4 is 16.1 Å². The van der Waals surface area contributed by atoms with Crippen molar-refractivity contribution < 1.29 is 18.9 Å². The molecule has 0 aliphatic carbocycles. The van der Waals surface area contributed by atoms with E-state index in [9.17, 15) is 18.9 Å². The second-order valence-electron chi connectivity index (χ2n) is 4.40. The first kappa shape index (κ1) is 15.9. The Bertz CT molecular complexity index is 566. The number of hydrogen-bond donors (Lipinski definition) is 3. The van der Waals surface area contributed by atoms with Crippen molar-refractivity contribution in [3.63, 3.8) is 0 Å². The van der Waals surface area contributed by atoms with Gasteiger partial charge in [0.2, 0.25) is 0 Å². The van der Waals surface area contributed by atoms with Gasteiger partial charge < -0.3 is 0 Å². The molecule has 3 N–H and O–H groups in total. The highest BCUT2D eigenvalue weighted by Crippen LogP contribution is 2.43.